The van der Waals surface area contributed by atoms with E-state index in [-0.39, 0.29) is 24.1 Å². The van der Waals surface area contributed by atoms with Crippen molar-refractivity contribution in [1.82, 2.24) is 9.78 Å². The predicted molar refractivity (Wildman–Crippen MR) is 111 cm³/mol. The molecule has 0 aliphatic carbocycles. The molecule has 30 heavy (non-hydrogen) atoms. The Labute approximate surface area is 173 Å². The van der Waals surface area contributed by atoms with Gasteiger partial charge in [-0.05, 0) is 37.1 Å². The van der Waals surface area contributed by atoms with Crippen LogP contribution in [0.5, 0.6) is 5.75 Å². The number of nitrogens with zero attached hydrogens (tertiary/aromatic N) is 4. The van der Waals surface area contributed by atoms with Crippen LogP contribution in [0.2, 0.25) is 0 Å². The summed E-state index contributed by atoms with van der Waals surface area (Å²) in [5.41, 5.74) is 2.09. The van der Waals surface area contributed by atoms with Gasteiger partial charge in [0.25, 0.3) is 5.56 Å². The van der Waals surface area contributed by atoms with E-state index >= 15 is 0 Å². The summed E-state index contributed by atoms with van der Waals surface area (Å²) < 4.78 is 6.97. The second-order valence-corrected chi connectivity index (χ2v) is 7.13. The predicted octanol–water partition coefficient (Wildman–Crippen LogP) is 2.90. The Bertz CT molecular complexity index is 1210. The maximum atomic E-state index is 13.4. The number of carbonyl (C=O) groups excluding carboxylic acids is 1. The number of fused-ring (bicyclic) bond motifs is 1. The topological polar surface area (TPSA) is 88.2 Å². The van der Waals surface area contributed by atoms with Gasteiger partial charge in [-0.2, -0.15) is 10.4 Å². The molecule has 0 saturated carbocycles. The number of rotatable bonds is 3. The molecule has 2 heterocycles. The average molecular weight is 400 g/mol. The largest absolute Gasteiger partial charge is 0.489 e. The Morgan fingerprint density at radius 2 is 1.87 bits per heavy atom. The Morgan fingerprint density at radius 1 is 1.17 bits per heavy atom. The van der Waals surface area contributed by atoms with Crippen molar-refractivity contribution in [3.05, 3.63) is 87.3 Å². The second kappa shape index (κ2) is 7.84. The quantitative estimate of drug-likeness (QED) is 0.675. The van der Waals surface area contributed by atoms with E-state index in [9.17, 15) is 14.9 Å². The molecule has 1 aromatic heterocycles. The molecule has 4 rings (SSSR count). The number of benzene rings is 2. The molecule has 0 N–H and O–H groups in total. The van der Waals surface area contributed by atoms with Crippen molar-refractivity contribution in [3.63, 3.8) is 0 Å². The van der Waals surface area contributed by atoms with Crippen molar-refractivity contribution in [1.29, 1.82) is 5.26 Å². The van der Waals surface area contributed by atoms with E-state index in [1.54, 1.807) is 18.7 Å². The number of amides is 1. The highest BCUT2D eigenvalue weighted by Crippen LogP contribution is 2.39. The summed E-state index contributed by atoms with van der Waals surface area (Å²) in [7, 11) is 0. The van der Waals surface area contributed by atoms with E-state index in [2.05, 4.69) is 5.10 Å². The number of aromatic nitrogens is 2. The molecule has 7 nitrogen and oxygen atoms in total. The molecule has 0 radical (unpaired) electrons. The normalized spacial score (nSPS) is 15.1. The number of nitriles is 1. The fraction of sp³-hybridized carbons (Fsp3) is 0.217. The highest BCUT2D eigenvalue weighted by atomic mass is 16.5. The minimum absolute atomic E-state index is 0.0114. The van der Waals surface area contributed by atoms with Crippen molar-refractivity contribution < 1.29 is 9.53 Å². The van der Waals surface area contributed by atoms with Crippen LogP contribution in [-0.2, 0) is 11.3 Å². The standard InChI is InChI=1S/C23H20N4O3/c1-15-16(2)25-26(23(29)18(15)12-24)13-22(28)27-19-10-6-7-11-21(19)30-14-20(27)17-8-4-3-5-9-17/h3-11,20H,13-14H2,1-2H3/t20-/m0/s1. The minimum Gasteiger partial charge on any atom is -0.489 e. The Balaban J connectivity index is 1.77. The fourth-order valence-electron chi connectivity index (χ4n) is 3.63. The lowest BCUT2D eigenvalue weighted by atomic mass is 10.0. The summed E-state index contributed by atoms with van der Waals surface area (Å²) in [6.07, 6.45) is 0. The van der Waals surface area contributed by atoms with E-state index in [1.807, 2.05) is 60.7 Å². The van der Waals surface area contributed by atoms with Gasteiger partial charge in [0.1, 0.15) is 30.5 Å². The first-order chi connectivity index (χ1) is 14.5. The third kappa shape index (κ3) is 3.33. The number of anilines is 1. The van der Waals surface area contributed by atoms with Crippen LogP contribution >= 0.6 is 0 Å². The Hall–Kier alpha value is -3.92. The summed E-state index contributed by atoms with van der Waals surface area (Å²) in [6, 6.07) is 18.5. The first-order valence-electron chi connectivity index (χ1n) is 9.58. The van der Waals surface area contributed by atoms with Gasteiger partial charge in [0.05, 0.1) is 17.4 Å². The van der Waals surface area contributed by atoms with Gasteiger partial charge in [0.2, 0.25) is 5.91 Å². The molecule has 0 saturated heterocycles. The summed E-state index contributed by atoms with van der Waals surface area (Å²) in [5.74, 6) is 0.303. The second-order valence-electron chi connectivity index (χ2n) is 7.13. The van der Waals surface area contributed by atoms with Crippen molar-refractivity contribution in [3.8, 4) is 11.8 Å². The molecule has 7 heteroatoms. The zero-order valence-electron chi connectivity index (χ0n) is 16.7. The number of ether oxygens (including phenoxy) is 1. The van der Waals surface area contributed by atoms with Gasteiger partial charge in [-0.3, -0.25) is 14.5 Å². The molecule has 0 fully saturated rings. The summed E-state index contributed by atoms with van der Waals surface area (Å²) in [4.78, 5) is 27.8. The molecule has 1 atom stereocenters. The lowest BCUT2D eigenvalue weighted by molar-refractivity contribution is -0.120. The molecular weight excluding hydrogens is 380 g/mol. The molecule has 0 unspecified atom stereocenters. The van der Waals surface area contributed by atoms with Gasteiger partial charge < -0.3 is 4.74 Å². The van der Waals surface area contributed by atoms with Gasteiger partial charge in [-0.15, -0.1) is 0 Å². The highest BCUT2D eigenvalue weighted by molar-refractivity contribution is 5.96. The van der Waals surface area contributed by atoms with E-state index in [1.165, 1.54) is 0 Å². The molecule has 3 aromatic rings. The zero-order valence-corrected chi connectivity index (χ0v) is 16.7. The average Bonchev–Trinajstić information content (AvgIpc) is 2.77. The fourth-order valence-corrected chi connectivity index (χ4v) is 3.63. The lowest BCUT2D eigenvalue weighted by Gasteiger charge is -2.37. The third-order valence-electron chi connectivity index (χ3n) is 5.32. The molecule has 1 amide bonds. The van der Waals surface area contributed by atoms with E-state index in [0.717, 1.165) is 10.2 Å². The maximum absolute atomic E-state index is 13.4. The van der Waals surface area contributed by atoms with E-state index in [0.29, 0.717) is 29.3 Å². The van der Waals surface area contributed by atoms with E-state index < -0.39 is 5.56 Å². The van der Waals surface area contributed by atoms with Crippen molar-refractivity contribution >= 4 is 11.6 Å². The molecule has 2 aromatic carbocycles. The van der Waals surface area contributed by atoms with Gasteiger partial charge in [0.15, 0.2) is 0 Å². The molecule has 1 aliphatic heterocycles. The highest BCUT2D eigenvalue weighted by Gasteiger charge is 2.33. The summed E-state index contributed by atoms with van der Waals surface area (Å²) in [6.45, 7) is 3.42. The Morgan fingerprint density at radius 3 is 2.60 bits per heavy atom. The van der Waals surface area contributed by atoms with Gasteiger partial charge in [0, 0.05) is 0 Å². The molecule has 0 bridgehead atoms. The number of hydrogen-bond donors (Lipinski definition) is 0. The molecule has 150 valence electrons. The van der Waals surface area contributed by atoms with Gasteiger partial charge >= 0.3 is 0 Å². The van der Waals surface area contributed by atoms with Crippen LogP contribution in [0.25, 0.3) is 0 Å². The lowest BCUT2D eigenvalue weighted by Crippen LogP contribution is -2.44. The van der Waals surface area contributed by atoms with Crippen LogP contribution in [0.4, 0.5) is 5.69 Å². The Kier molecular flexibility index (Phi) is 5.07. The number of para-hydroxylation sites is 2. The van der Waals surface area contributed by atoms with Gasteiger partial charge in [-0.25, -0.2) is 4.68 Å². The maximum Gasteiger partial charge on any atom is 0.285 e. The number of hydrogen-bond acceptors (Lipinski definition) is 5. The SMILES string of the molecule is Cc1nn(CC(=O)N2c3ccccc3OC[C@H]2c2ccccc2)c(=O)c(C#N)c1C. The third-order valence-corrected chi connectivity index (χ3v) is 5.32. The van der Waals surface area contributed by atoms with Crippen LogP contribution in [0.1, 0.15) is 28.4 Å². The van der Waals surface area contributed by atoms with Crippen LogP contribution in [0.3, 0.4) is 0 Å². The number of carbonyl (C=O) groups is 1. The van der Waals surface area contributed by atoms with Crippen molar-refractivity contribution in [2.45, 2.75) is 26.4 Å². The van der Waals surface area contributed by atoms with Crippen LogP contribution in [0.15, 0.2) is 59.4 Å². The van der Waals surface area contributed by atoms with Crippen molar-refractivity contribution in [2.24, 2.45) is 0 Å². The monoisotopic (exact) mass is 400 g/mol. The molecule has 0 spiro atoms. The van der Waals surface area contributed by atoms with E-state index in [4.69, 9.17) is 4.74 Å². The summed E-state index contributed by atoms with van der Waals surface area (Å²) >= 11 is 0. The molecular formula is C23H20N4O3. The first-order valence-corrected chi connectivity index (χ1v) is 9.58. The van der Waals surface area contributed by atoms with Gasteiger partial charge in [-0.1, -0.05) is 42.5 Å². The van der Waals surface area contributed by atoms with Crippen LogP contribution in [0, 0.1) is 25.2 Å². The summed E-state index contributed by atoms with van der Waals surface area (Å²) in [5, 5.41) is 13.6. The molecule has 1 aliphatic rings. The number of aryl methyl sites for hydroxylation is 1. The first kappa shape index (κ1) is 19.4. The van der Waals surface area contributed by atoms with Crippen LogP contribution < -0.4 is 15.2 Å². The zero-order chi connectivity index (χ0) is 21.3. The smallest absolute Gasteiger partial charge is 0.285 e. The van der Waals surface area contributed by atoms with Crippen LogP contribution in [-0.4, -0.2) is 22.3 Å². The van der Waals surface area contributed by atoms with Crippen molar-refractivity contribution in [2.75, 3.05) is 11.5 Å². The minimum atomic E-state index is -0.563.